The van der Waals surface area contributed by atoms with E-state index in [4.69, 9.17) is 0 Å². The van der Waals surface area contributed by atoms with E-state index in [0.29, 0.717) is 36.8 Å². The second-order valence-electron chi connectivity index (χ2n) is 6.21. The first-order chi connectivity index (χ1) is 12.6. The highest BCUT2D eigenvalue weighted by molar-refractivity contribution is 7.91. The minimum Gasteiger partial charge on any atom is -0.336 e. The predicted octanol–water partition coefficient (Wildman–Crippen LogP) is 1.10. The van der Waals surface area contributed by atoms with Crippen LogP contribution in [0.4, 0.5) is 0 Å². The zero-order chi connectivity index (χ0) is 18.4. The molecule has 26 heavy (non-hydrogen) atoms. The molecule has 1 aromatic carbocycles. The molecule has 1 aromatic heterocycles. The summed E-state index contributed by atoms with van der Waals surface area (Å²) >= 11 is 0. The van der Waals surface area contributed by atoms with Gasteiger partial charge in [0, 0.05) is 38.6 Å². The Hall–Kier alpha value is -2.32. The van der Waals surface area contributed by atoms with Gasteiger partial charge in [-0.3, -0.25) is 9.78 Å². The molecule has 1 aliphatic rings. The molecule has 2 heterocycles. The molecule has 7 nitrogen and oxygen atoms in total. The normalized spacial score (nSPS) is 16.2. The Labute approximate surface area is 153 Å². The van der Waals surface area contributed by atoms with Gasteiger partial charge < -0.3 is 9.80 Å². The third-order valence-corrected chi connectivity index (χ3v) is 6.15. The first kappa shape index (κ1) is 18.5. The fourth-order valence-corrected chi connectivity index (χ4v) is 4.27. The summed E-state index contributed by atoms with van der Waals surface area (Å²) in [7, 11) is -3.28. The van der Waals surface area contributed by atoms with Crippen LogP contribution in [-0.2, 0) is 9.84 Å². The van der Waals surface area contributed by atoms with Crippen molar-refractivity contribution in [2.75, 3.05) is 38.5 Å². The molecular formula is C18H22N4O3S. The highest BCUT2D eigenvalue weighted by Gasteiger charge is 2.22. The van der Waals surface area contributed by atoms with Crippen molar-refractivity contribution in [3.8, 4) is 0 Å². The van der Waals surface area contributed by atoms with Crippen LogP contribution in [0.25, 0.3) is 0 Å². The maximum atomic E-state index is 12.5. The molecule has 0 radical (unpaired) electrons. The van der Waals surface area contributed by atoms with Crippen molar-refractivity contribution >= 4 is 15.7 Å². The van der Waals surface area contributed by atoms with Gasteiger partial charge in [-0.25, -0.2) is 13.4 Å². The fraction of sp³-hybridized carbons (Fsp3) is 0.389. The van der Waals surface area contributed by atoms with Crippen molar-refractivity contribution in [3.05, 3.63) is 54.6 Å². The number of aromatic nitrogens is 2. The molecule has 1 saturated heterocycles. The Balaban J connectivity index is 1.55. The largest absolute Gasteiger partial charge is 0.336 e. The third kappa shape index (κ3) is 4.64. The average molecular weight is 374 g/mol. The summed E-state index contributed by atoms with van der Waals surface area (Å²) < 4.78 is 24.8. The SMILES string of the molecule is O=C(c1cnccn1)N1CCCN(CCS(=O)(=O)c2ccccc2)CC1. The number of benzene rings is 1. The van der Waals surface area contributed by atoms with Gasteiger partial charge in [-0.05, 0) is 25.1 Å². The topological polar surface area (TPSA) is 83.5 Å². The molecule has 0 N–H and O–H groups in total. The van der Waals surface area contributed by atoms with Gasteiger partial charge in [-0.2, -0.15) is 0 Å². The first-order valence-electron chi connectivity index (χ1n) is 8.62. The number of rotatable bonds is 5. The van der Waals surface area contributed by atoms with Crippen LogP contribution in [0.1, 0.15) is 16.9 Å². The molecular weight excluding hydrogens is 352 g/mol. The highest BCUT2D eigenvalue weighted by Crippen LogP contribution is 2.12. The van der Waals surface area contributed by atoms with E-state index in [1.165, 1.54) is 18.6 Å². The fourth-order valence-electron chi connectivity index (χ4n) is 2.96. The van der Waals surface area contributed by atoms with E-state index in [-0.39, 0.29) is 11.7 Å². The molecule has 0 saturated carbocycles. The van der Waals surface area contributed by atoms with Crippen LogP contribution in [-0.4, -0.2) is 72.6 Å². The molecule has 1 fully saturated rings. The molecule has 138 valence electrons. The Bertz CT molecular complexity index is 828. The average Bonchev–Trinajstić information content (AvgIpc) is 2.93. The van der Waals surface area contributed by atoms with Crippen molar-refractivity contribution in [2.24, 2.45) is 0 Å². The summed E-state index contributed by atoms with van der Waals surface area (Å²) in [4.78, 5) is 24.7. The zero-order valence-electron chi connectivity index (χ0n) is 14.5. The van der Waals surface area contributed by atoms with Gasteiger partial charge in [0.1, 0.15) is 5.69 Å². The van der Waals surface area contributed by atoms with E-state index in [1.54, 1.807) is 35.2 Å². The van der Waals surface area contributed by atoms with Gasteiger partial charge in [0.25, 0.3) is 5.91 Å². The quantitative estimate of drug-likeness (QED) is 0.779. The number of carbonyl (C=O) groups is 1. The minimum atomic E-state index is -3.28. The molecule has 0 unspecified atom stereocenters. The zero-order valence-corrected chi connectivity index (χ0v) is 15.3. The van der Waals surface area contributed by atoms with Crippen molar-refractivity contribution in [3.63, 3.8) is 0 Å². The first-order valence-corrected chi connectivity index (χ1v) is 10.3. The van der Waals surface area contributed by atoms with Gasteiger partial charge >= 0.3 is 0 Å². The maximum Gasteiger partial charge on any atom is 0.274 e. The standard InChI is InChI=1S/C18H22N4O3S/c23-18(17-15-19-7-8-20-17)22-10-4-9-21(11-12-22)13-14-26(24,25)16-5-2-1-3-6-16/h1-3,5-8,15H,4,9-14H2. The molecule has 1 aliphatic heterocycles. The summed E-state index contributed by atoms with van der Waals surface area (Å²) in [6, 6.07) is 8.51. The molecule has 0 spiro atoms. The molecule has 8 heteroatoms. The Morgan fingerprint density at radius 2 is 1.85 bits per heavy atom. The van der Waals surface area contributed by atoms with Gasteiger partial charge in [-0.15, -0.1) is 0 Å². The van der Waals surface area contributed by atoms with Crippen LogP contribution in [0.15, 0.2) is 53.8 Å². The van der Waals surface area contributed by atoms with E-state index < -0.39 is 9.84 Å². The van der Waals surface area contributed by atoms with Crippen LogP contribution >= 0.6 is 0 Å². The summed E-state index contributed by atoms with van der Waals surface area (Å²) in [5, 5.41) is 0. The number of carbonyl (C=O) groups excluding carboxylic acids is 1. The second kappa shape index (κ2) is 8.37. The number of hydrogen-bond donors (Lipinski definition) is 0. The number of amides is 1. The van der Waals surface area contributed by atoms with Gasteiger partial charge in [0.15, 0.2) is 9.84 Å². The second-order valence-corrected chi connectivity index (χ2v) is 8.32. The molecule has 0 atom stereocenters. The van der Waals surface area contributed by atoms with Crippen molar-refractivity contribution < 1.29 is 13.2 Å². The summed E-state index contributed by atoms with van der Waals surface area (Å²) in [6.07, 6.45) is 5.31. The lowest BCUT2D eigenvalue weighted by atomic mass is 10.3. The number of sulfone groups is 1. The molecule has 0 aliphatic carbocycles. The number of nitrogens with zero attached hydrogens (tertiary/aromatic N) is 4. The maximum absolute atomic E-state index is 12.5. The van der Waals surface area contributed by atoms with Crippen LogP contribution in [0.5, 0.6) is 0 Å². The van der Waals surface area contributed by atoms with Crippen LogP contribution in [0, 0.1) is 0 Å². The lowest BCUT2D eigenvalue weighted by molar-refractivity contribution is 0.0755. The van der Waals surface area contributed by atoms with Gasteiger partial charge in [0.2, 0.25) is 0 Å². The van der Waals surface area contributed by atoms with E-state index in [9.17, 15) is 13.2 Å². The van der Waals surface area contributed by atoms with Gasteiger partial charge in [0.05, 0.1) is 16.8 Å². The molecule has 1 amide bonds. The Morgan fingerprint density at radius 1 is 1.04 bits per heavy atom. The molecule has 3 rings (SSSR count). The van der Waals surface area contributed by atoms with E-state index in [1.807, 2.05) is 0 Å². The number of hydrogen-bond acceptors (Lipinski definition) is 6. The van der Waals surface area contributed by atoms with Crippen LogP contribution < -0.4 is 0 Å². The van der Waals surface area contributed by atoms with Crippen molar-refractivity contribution in [2.45, 2.75) is 11.3 Å². The smallest absolute Gasteiger partial charge is 0.274 e. The lowest BCUT2D eigenvalue weighted by Crippen LogP contribution is -2.36. The van der Waals surface area contributed by atoms with Crippen molar-refractivity contribution in [1.82, 2.24) is 19.8 Å². The van der Waals surface area contributed by atoms with E-state index >= 15 is 0 Å². The monoisotopic (exact) mass is 374 g/mol. The Kier molecular flexibility index (Phi) is 5.95. The van der Waals surface area contributed by atoms with Gasteiger partial charge in [-0.1, -0.05) is 18.2 Å². The van der Waals surface area contributed by atoms with Crippen LogP contribution in [0.3, 0.4) is 0 Å². The third-order valence-electron chi connectivity index (χ3n) is 4.44. The Morgan fingerprint density at radius 3 is 2.58 bits per heavy atom. The van der Waals surface area contributed by atoms with E-state index in [2.05, 4.69) is 14.9 Å². The molecule has 2 aromatic rings. The lowest BCUT2D eigenvalue weighted by Gasteiger charge is -2.21. The highest BCUT2D eigenvalue weighted by atomic mass is 32.2. The van der Waals surface area contributed by atoms with E-state index in [0.717, 1.165) is 13.0 Å². The summed E-state index contributed by atoms with van der Waals surface area (Å²) in [6.45, 7) is 3.08. The van der Waals surface area contributed by atoms with Crippen LogP contribution in [0.2, 0.25) is 0 Å². The summed E-state index contributed by atoms with van der Waals surface area (Å²) in [5.74, 6) is -0.0494. The minimum absolute atomic E-state index is 0.0785. The predicted molar refractivity (Wildman–Crippen MR) is 97.5 cm³/mol. The molecule has 0 bridgehead atoms. The summed E-state index contributed by atoms with van der Waals surface area (Å²) in [5.41, 5.74) is 0.340. The van der Waals surface area contributed by atoms with Crippen molar-refractivity contribution in [1.29, 1.82) is 0 Å².